The van der Waals surface area contributed by atoms with Crippen LogP contribution in [-0.4, -0.2) is 22.7 Å². The van der Waals surface area contributed by atoms with Gasteiger partial charge in [0.1, 0.15) is 5.82 Å². The van der Waals surface area contributed by atoms with Crippen LogP contribution in [0.4, 0.5) is 11.6 Å². The maximum Gasteiger partial charge on any atom is 0.161 e. The molecule has 0 saturated heterocycles. The summed E-state index contributed by atoms with van der Waals surface area (Å²) < 4.78 is 0. The van der Waals surface area contributed by atoms with Gasteiger partial charge in [-0.25, -0.2) is 10.8 Å². The van der Waals surface area contributed by atoms with Gasteiger partial charge in [-0.3, -0.25) is 0 Å². The second-order valence-corrected chi connectivity index (χ2v) is 6.18. The number of nitrogens with two attached hydrogens (primary N) is 1. The lowest BCUT2D eigenvalue weighted by atomic mass is 9.85. The van der Waals surface area contributed by atoms with Crippen LogP contribution in [0.5, 0.6) is 0 Å². The van der Waals surface area contributed by atoms with Gasteiger partial charge in [-0.15, -0.1) is 0 Å². The van der Waals surface area contributed by atoms with Crippen molar-refractivity contribution in [1.29, 1.82) is 0 Å². The normalized spacial score (nSPS) is 13.2. The van der Waals surface area contributed by atoms with E-state index in [1.165, 1.54) is 0 Å². The summed E-state index contributed by atoms with van der Waals surface area (Å²) in [7, 11) is 0. The van der Waals surface area contributed by atoms with Crippen molar-refractivity contribution in [3.8, 4) is 0 Å². The highest BCUT2D eigenvalue weighted by atomic mass is 35.5. The Morgan fingerprint density at radius 3 is 2.37 bits per heavy atom. The summed E-state index contributed by atoms with van der Waals surface area (Å²) in [4.78, 5) is 4.23. The van der Waals surface area contributed by atoms with Gasteiger partial charge in [0, 0.05) is 12.6 Å². The van der Waals surface area contributed by atoms with Crippen molar-refractivity contribution in [2.75, 3.05) is 17.3 Å². The quantitative estimate of drug-likeness (QED) is 0.496. The number of hydrazine groups is 1. The first-order valence-electron chi connectivity index (χ1n) is 5.99. The number of aromatic nitrogens is 1. The highest BCUT2D eigenvalue weighted by Crippen LogP contribution is 2.32. The van der Waals surface area contributed by atoms with Gasteiger partial charge in [0.05, 0.1) is 10.0 Å². The fourth-order valence-corrected chi connectivity index (χ4v) is 2.15. The molecule has 5 nitrogen and oxygen atoms in total. The lowest BCUT2D eigenvalue weighted by Crippen LogP contribution is -2.35. The topological polar surface area (TPSA) is 83.2 Å². The smallest absolute Gasteiger partial charge is 0.161 e. The molecule has 0 fully saturated rings. The number of halogens is 2. The molecule has 1 aromatic heterocycles. The minimum absolute atomic E-state index is 0.0225. The largest absolute Gasteiger partial charge is 0.396 e. The molecule has 0 bridgehead atoms. The fraction of sp³-hybridized carbons (Fsp3) is 0.583. The monoisotopic (exact) mass is 306 g/mol. The third-order valence-electron chi connectivity index (χ3n) is 2.84. The second kappa shape index (κ2) is 6.61. The van der Waals surface area contributed by atoms with Crippen LogP contribution in [0.1, 0.15) is 27.2 Å². The number of hydrogen-bond acceptors (Lipinski definition) is 5. The first kappa shape index (κ1) is 16.3. The number of anilines is 2. The zero-order valence-electron chi connectivity index (χ0n) is 11.3. The molecule has 7 heteroatoms. The number of rotatable bonds is 5. The SMILES string of the molecule is CC(C)(C)C(CCO)Nc1nc(NN)c(Cl)cc1Cl. The standard InChI is InChI=1S/C12H20Cl2N4O/c1-12(2,3)9(4-5-19)16-10-7(13)6-8(14)11(17-10)18-15/h6,9,19H,4-5,15H2,1-3H3,(H2,16,17,18). The van der Waals surface area contributed by atoms with E-state index < -0.39 is 0 Å². The Morgan fingerprint density at radius 2 is 1.89 bits per heavy atom. The van der Waals surface area contributed by atoms with Gasteiger partial charge in [-0.2, -0.15) is 0 Å². The van der Waals surface area contributed by atoms with Crippen LogP contribution >= 0.6 is 23.2 Å². The molecule has 0 aliphatic heterocycles. The van der Waals surface area contributed by atoms with Crippen molar-refractivity contribution in [3.63, 3.8) is 0 Å². The highest BCUT2D eigenvalue weighted by molar-refractivity contribution is 6.37. The van der Waals surface area contributed by atoms with E-state index in [2.05, 4.69) is 36.5 Å². The number of pyridine rings is 1. The third kappa shape index (κ3) is 4.38. The first-order chi connectivity index (χ1) is 8.79. The molecule has 1 rings (SSSR count). The van der Waals surface area contributed by atoms with Crippen molar-refractivity contribution in [2.24, 2.45) is 11.3 Å². The number of aliphatic hydroxyl groups is 1. The predicted octanol–water partition coefficient (Wildman–Crippen LogP) is 2.88. The maximum atomic E-state index is 9.15. The molecule has 1 heterocycles. The van der Waals surface area contributed by atoms with Gasteiger partial charge in [0.2, 0.25) is 0 Å². The Balaban J connectivity index is 3.02. The van der Waals surface area contributed by atoms with Crippen LogP contribution in [0.25, 0.3) is 0 Å². The molecular weight excluding hydrogens is 287 g/mol. The van der Waals surface area contributed by atoms with Gasteiger partial charge in [0.25, 0.3) is 0 Å². The Bertz CT molecular complexity index is 434. The van der Waals surface area contributed by atoms with E-state index in [1.54, 1.807) is 6.07 Å². The summed E-state index contributed by atoms with van der Waals surface area (Å²) in [6.45, 7) is 6.31. The highest BCUT2D eigenvalue weighted by Gasteiger charge is 2.25. The van der Waals surface area contributed by atoms with E-state index in [-0.39, 0.29) is 18.1 Å². The Morgan fingerprint density at radius 1 is 1.32 bits per heavy atom. The molecule has 0 aliphatic carbocycles. The summed E-state index contributed by atoms with van der Waals surface area (Å²) in [5.41, 5.74) is 2.36. The van der Waals surface area contributed by atoms with E-state index in [4.69, 9.17) is 34.2 Å². The maximum absolute atomic E-state index is 9.15. The average molecular weight is 307 g/mol. The minimum Gasteiger partial charge on any atom is -0.396 e. The molecule has 0 amide bonds. The van der Waals surface area contributed by atoms with Crippen molar-refractivity contribution in [2.45, 2.75) is 33.2 Å². The molecule has 1 aromatic rings. The zero-order chi connectivity index (χ0) is 14.6. The van der Waals surface area contributed by atoms with Crippen LogP contribution in [-0.2, 0) is 0 Å². The zero-order valence-corrected chi connectivity index (χ0v) is 12.8. The summed E-state index contributed by atoms with van der Waals surface area (Å²) in [5, 5.41) is 13.1. The Hall–Kier alpha value is -0.750. The molecule has 19 heavy (non-hydrogen) atoms. The number of aliphatic hydroxyl groups excluding tert-OH is 1. The lowest BCUT2D eigenvalue weighted by Gasteiger charge is -2.32. The summed E-state index contributed by atoms with van der Waals surface area (Å²) >= 11 is 12.0. The first-order valence-corrected chi connectivity index (χ1v) is 6.75. The van der Waals surface area contributed by atoms with Gasteiger partial charge in [-0.05, 0) is 17.9 Å². The molecular formula is C12H20Cl2N4O. The third-order valence-corrected chi connectivity index (χ3v) is 3.42. The van der Waals surface area contributed by atoms with Gasteiger partial charge in [-0.1, -0.05) is 44.0 Å². The van der Waals surface area contributed by atoms with E-state index in [9.17, 15) is 0 Å². The summed E-state index contributed by atoms with van der Waals surface area (Å²) in [6, 6.07) is 1.60. The molecule has 1 atom stereocenters. The predicted molar refractivity (Wildman–Crippen MR) is 80.6 cm³/mol. The Kier molecular flexibility index (Phi) is 5.67. The molecule has 108 valence electrons. The van der Waals surface area contributed by atoms with Crippen LogP contribution in [0.2, 0.25) is 10.0 Å². The van der Waals surface area contributed by atoms with E-state index in [0.29, 0.717) is 28.1 Å². The lowest BCUT2D eigenvalue weighted by molar-refractivity contribution is 0.235. The van der Waals surface area contributed by atoms with Crippen LogP contribution in [0, 0.1) is 5.41 Å². The molecule has 0 saturated carbocycles. The van der Waals surface area contributed by atoms with Crippen LogP contribution in [0.3, 0.4) is 0 Å². The molecule has 1 unspecified atom stereocenters. The number of hydrogen-bond donors (Lipinski definition) is 4. The molecule has 0 aliphatic rings. The molecule has 0 spiro atoms. The van der Waals surface area contributed by atoms with Crippen LogP contribution in [0.15, 0.2) is 6.07 Å². The van der Waals surface area contributed by atoms with E-state index in [1.807, 2.05) is 0 Å². The van der Waals surface area contributed by atoms with E-state index >= 15 is 0 Å². The van der Waals surface area contributed by atoms with Crippen molar-refractivity contribution in [1.82, 2.24) is 4.98 Å². The van der Waals surface area contributed by atoms with Gasteiger partial charge in [0.15, 0.2) is 5.82 Å². The Labute approximate surface area is 123 Å². The number of nitrogens with one attached hydrogen (secondary N) is 2. The van der Waals surface area contributed by atoms with Gasteiger partial charge >= 0.3 is 0 Å². The van der Waals surface area contributed by atoms with Crippen molar-refractivity contribution in [3.05, 3.63) is 16.1 Å². The summed E-state index contributed by atoms with van der Waals surface area (Å²) in [5.74, 6) is 6.18. The van der Waals surface area contributed by atoms with E-state index in [0.717, 1.165) is 0 Å². The molecule has 0 aromatic carbocycles. The number of nitrogens with zero attached hydrogens (tertiary/aromatic N) is 1. The minimum atomic E-state index is -0.0519. The number of nitrogen functional groups attached to an aromatic ring is 1. The molecule has 5 N–H and O–H groups in total. The average Bonchev–Trinajstić information content (AvgIpc) is 2.30. The second-order valence-electron chi connectivity index (χ2n) is 5.37. The van der Waals surface area contributed by atoms with Crippen molar-refractivity contribution >= 4 is 34.8 Å². The fourth-order valence-electron chi connectivity index (χ4n) is 1.68. The molecule has 0 radical (unpaired) electrons. The van der Waals surface area contributed by atoms with Crippen LogP contribution < -0.4 is 16.6 Å². The van der Waals surface area contributed by atoms with Gasteiger partial charge < -0.3 is 15.8 Å². The van der Waals surface area contributed by atoms with Crippen molar-refractivity contribution < 1.29 is 5.11 Å². The summed E-state index contributed by atoms with van der Waals surface area (Å²) in [6.07, 6.45) is 0.593.